The molecule has 0 spiro atoms. The topological polar surface area (TPSA) is 76.4 Å². The molecule has 2 aliphatic rings. The van der Waals surface area contributed by atoms with Crippen LogP contribution in [0, 0.1) is 10.1 Å². The van der Waals surface area contributed by atoms with Gasteiger partial charge in [-0.05, 0) is 25.3 Å². The fourth-order valence-electron chi connectivity index (χ4n) is 2.95. The van der Waals surface area contributed by atoms with Gasteiger partial charge < -0.3 is 15.4 Å². The summed E-state index contributed by atoms with van der Waals surface area (Å²) >= 11 is 0. The lowest BCUT2D eigenvalue weighted by molar-refractivity contribution is -0.384. The molecule has 0 radical (unpaired) electrons. The van der Waals surface area contributed by atoms with Crippen LogP contribution >= 0.6 is 0 Å². The van der Waals surface area contributed by atoms with E-state index in [9.17, 15) is 10.1 Å². The van der Waals surface area contributed by atoms with Crippen molar-refractivity contribution in [3.8, 4) is 0 Å². The zero-order valence-electron chi connectivity index (χ0n) is 10.8. The first-order valence-electron chi connectivity index (χ1n) is 6.55. The quantitative estimate of drug-likeness (QED) is 0.644. The Morgan fingerprint density at radius 2 is 2.11 bits per heavy atom. The minimum atomic E-state index is -0.372. The zero-order valence-corrected chi connectivity index (χ0v) is 10.8. The molecule has 2 saturated heterocycles. The predicted octanol–water partition coefficient (Wildman–Crippen LogP) is 2.37. The molecule has 2 fully saturated rings. The SMILES string of the molecule is CNc1cc(NC2CC3CCC2O3)cc([N+](=O)[O-])c1. The molecule has 0 saturated carbocycles. The van der Waals surface area contributed by atoms with E-state index in [2.05, 4.69) is 10.6 Å². The second-order valence-corrected chi connectivity index (χ2v) is 5.14. The molecule has 1 aromatic rings. The summed E-state index contributed by atoms with van der Waals surface area (Å²) in [6.07, 6.45) is 3.82. The maximum Gasteiger partial charge on any atom is 0.273 e. The van der Waals surface area contributed by atoms with Crippen LogP contribution in [0.25, 0.3) is 0 Å². The van der Waals surface area contributed by atoms with Gasteiger partial charge in [0.05, 0.1) is 23.2 Å². The Morgan fingerprint density at radius 3 is 2.68 bits per heavy atom. The average molecular weight is 263 g/mol. The van der Waals surface area contributed by atoms with Gasteiger partial charge in [-0.1, -0.05) is 0 Å². The fourth-order valence-corrected chi connectivity index (χ4v) is 2.95. The summed E-state index contributed by atoms with van der Waals surface area (Å²) < 4.78 is 5.78. The summed E-state index contributed by atoms with van der Waals surface area (Å²) in [5, 5.41) is 17.2. The molecule has 2 heterocycles. The Balaban J connectivity index is 1.80. The number of rotatable bonds is 4. The van der Waals surface area contributed by atoms with Crippen LogP contribution in [-0.4, -0.2) is 30.2 Å². The van der Waals surface area contributed by atoms with Crippen LogP contribution in [-0.2, 0) is 4.74 Å². The van der Waals surface area contributed by atoms with Gasteiger partial charge in [0, 0.05) is 30.6 Å². The molecule has 3 rings (SSSR count). The van der Waals surface area contributed by atoms with Crippen LogP contribution in [0.1, 0.15) is 19.3 Å². The Kier molecular flexibility index (Phi) is 3.02. The smallest absolute Gasteiger partial charge is 0.273 e. The van der Waals surface area contributed by atoms with E-state index in [1.54, 1.807) is 13.1 Å². The van der Waals surface area contributed by atoms with Gasteiger partial charge in [-0.2, -0.15) is 0 Å². The number of nitrogens with zero attached hydrogens (tertiary/aromatic N) is 1. The van der Waals surface area contributed by atoms with E-state index < -0.39 is 0 Å². The van der Waals surface area contributed by atoms with Gasteiger partial charge in [0.1, 0.15) is 0 Å². The number of non-ortho nitro benzene ring substituents is 1. The number of nitro benzene ring substituents is 1. The van der Waals surface area contributed by atoms with E-state index in [1.807, 2.05) is 6.07 Å². The molecule has 2 N–H and O–H groups in total. The first-order valence-corrected chi connectivity index (χ1v) is 6.55. The third kappa shape index (κ3) is 2.35. The molecule has 3 unspecified atom stereocenters. The van der Waals surface area contributed by atoms with E-state index in [0.29, 0.717) is 6.10 Å². The highest BCUT2D eigenvalue weighted by Gasteiger charge is 2.40. The number of fused-ring (bicyclic) bond motifs is 2. The van der Waals surface area contributed by atoms with Gasteiger partial charge in [-0.25, -0.2) is 0 Å². The van der Waals surface area contributed by atoms with Gasteiger partial charge in [-0.15, -0.1) is 0 Å². The summed E-state index contributed by atoms with van der Waals surface area (Å²) in [6, 6.07) is 5.26. The Morgan fingerprint density at radius 1 is 1.32 bits per heavy atom. The van der Waals surface area contributed by atoms with Crippen molar-refractivity contribution in [3.05, 3.63) is 28.3 Å². The monoisotopic (exact) mass is 263 g/mol. The molecule has 102 valence electrons. The maximum absolute atomic E-state index is 10.9. The van der Waals surface area contributed by atoms with Crippen LogP contribution in [0.2, 0.25) is 0 Å². The number of benzene rings is 1. The minimum Gasteiger partial charge on any atom is -0.388 e. The van der Waals surface area contributed by atoms with E-state index in [0.717, 1.165) is 30.6 Å². The number of nitro groups is 1. The van der Waals surface area contributed by atoms with Crippen molar-refractivity contribution in [3.63, 3.8) is 0 Å². The maximum atomic E-state index is 10.9. The number of nitrogens with one attached hydrogen (secondary N) is 2. The van der Waals surface area contributed by atoms with Gasteiger partial charge in [0.15, 0.2) is 0 Å². The van der Waals surface area contributed by atoms with Crippen molar-refractivity contribution < 1.29 is 9.66 Å². The van der Waals surface area contributed by atoms with Gasteiger partial charge in [0.2, 0.25) is 0 Å². The van der Waals surface area contributed by atoms with E-state index >= 15 is 0 Å². The highest BCUT2D eigenvalue weighted by molar-refractivity contribution is 5.63. The Bertz CT molecular complexity index is 506. The lowest BCUT2D eigenvalue weighted by atomic mass is 9.95. The van der Waals surface area contributed by atoms with Crippen LogP contribution in [0.3, 0.4) is 0 Å². The molecular formula is C13H17N3O3. The van der Waals surface area contributed by atoms with E-state index in [-0.39, 0.29) is 22.8 Å². The standard InChI is InChI=1S/C13H17N3O3/c1-14-8-4-9(6-10(5-8)16(17)18)15-12-7-11-2-3-13(12)19-11/h4-6,11-15H,2-3,7H2,1H3. The molecule has 0 aliphatic carbocycles. The number of hydrogen-bond donors (Lipinski definition) is 2. The summed E-state index contributed by atoms with van der Waals surface area (Å²) in [4.78, 5) is 10.5. The van der Waals surface area contributed by atoms with Crippen LogP contribution in [0.15, 0.2) is 18.2 Å². The fraction of sp³-hybridized carbons (Fsp3) is 0.538. The minimum absolute atomic E-state index is 0.0958. The highest BCUT2D eigenvalue weighted by Crippen LogP contribution is 2.36. The molecule has 0 aromatic heterocycles. The summed E-state index contributed by atoms with van der Waals surface area (Å²) in [7, 11) is 1.75. The highest BCUT2D eigenvalue weighted by atomic mass is 16.6. The van der Waals surface area contributed by atoms with Gasteiger partial charge in [0.25, 0.3) is 5.69 Å². The zero-order chi connectivity index (χ0) is 13.4. The van der Waals surface area contributed by atoms with Crippen LogP contribution < -0.4 is 10.6 Å². The van der Waals surface area contributed by atoms with Crippen molar-refractivity contribution >= 4 is 17.1 Å². The number of ether oxygens (including phenoxy) is 1. The molecule has 6 heteroatoms. The first kappa shape index (κ1) is 12.2. The Labute approximate surface area is 111 Å². The van der Waals surface area contributed by atoms with Gasteiger partial charge in [-0.3, -0.25) is 10.1 Å². The third-order valence-corrected chi connectivity index (χ3v) is 3.88. The normalized spacial score (nSPS) is 28.4. The largest absolute Gasteiger partial charge is 0.388 e. The predicted molar refractivity (Wildman–Crippen MR) is 72.6 cm³/mol. The lowest BCUT2D eigenvalue weighted by Gasteiger charge is -2.21. The van der Waals surface area contributed by atoms with Crippen LogP contribution in [0.4, 0.5) is 17.1 Å². The molecule has 19 heavy (non-hydrogen) atoms. The molecular weight excluding hydrogens is 246 g/mol. The van der Waals surface area contributed by atoms with Crippen molar-refractivity contribution in [2.45, 2.75) is 37.5 Å². The van der Waals surface area contributed by atoms with E-state index in [1.165, 1.54) is 6.07 Å². The first-order chi connectivity index (χ1) is 9.15. The molecule has 2 bridgehead atoms. The van der Waals surface area contributed by atoms with Crippen molar-refractivity contribution in [1.29, 1.82) is 0 Å². The molecule has 6 nitrogen and oxygen atoms in total. The van der Waals surface area contributed by atoms with Crippen molar-refractivity contribution in [1.82, 2.24) is 0 Å². The number of anilines is 2. The Hall–Kier alpha value is -1.82. The average Bonchev–Trinajstić information content (AvgIpc) is 3.00. The number of hydrogen-bond acceptors (Lipinski definition) is 5. The third-order valence-electron chi connectivity index (χ3n) is 3.88. The molecule has 2 aliphatic heterocycles. The van der Waals surface area contributed by atoms with Crippen LogP contribution in [0.5, 0.6) is 0 Å². The van der Waals surface area contributed by atoms with Crippen molar-refractivity contribution in [2.24, 2.45) is 0 Å². The van der Waals surface area contributed by atoms with Crippen molar-refractivity contribution in [2.75, 3.05) is 17.7 Å². The van der Waals surface area contributed by atoms with E-state index in [4.69, 9.17) is 4.74 Å². The molecule has 1 aromatic carbocycles. The molecule has 0 amide bonds. The summed E-state index contributed by atoms with van der Waals surface area (Å²) in [5.41, 5.74) is 1.61. The summed E-state index contributed by atoms with van der Waals surface area (Å²) in [6.45, 7) is 0. The summed E-state index contributed by atoms with van der Waals surface area (Å²) in [5.74, 6) is 0. The lowest BCUT2D eigenvalue weighted by Crippen LogP contribution is -2.30. The van der Waals surface area contributed by atoms with Gasteiger partial charge >= 0.3 is 0 Å². The second kappa shape index (κ2) is 4.70. The molecule has 3 atom stereocenters. The second-order valence-electron chi connectivity index (χ2n) is 5.14.